The molecule has 3 aliphatic rings. The predicted molar refractivity (Wildman–Crippen MR) is 82.9 cm³/mol. The van der Waals surface area contributed by atoms with E-state index in [1.54, 1.807) is 5.06 Å². The lowest BCUT2D eigenvalue weighted by Gasteiger charge is -2.38. The lowest BCUT2D eigenvalue weighted by molar-refractivity contribution is -0.170. The monoisotopic (exact) mass is 303 g/mol. The van der Waals surface area contributed by atoms with Crippen LogP contribution in [0.5, 0.6) is 0 Å². The van der Waals surface area contributed by atoms with E-state index in [1.807, 2.05) is 0 Å². The highest BCUT2D eigenvalue weighted by atomic mass is 16.7. The zero-order valence-electron chi connectivity index (χ0n) is 13.1. The van der Waals surface area contributed by atoms with Gasteiger partial charge in [-0.3, -0.25) is 14.5 Å². The number of hydrogen-bond acceptors (Lipinski definition) is 3. The number of amides is 1. The first kappa shape index (κ1) is 14.3. The zero-order valence-corrected chi connectivity index (χ0v) is 13.1. The second-order valence-corrected chi connectivity index (χ2v) is 6.92. The molecule has 1 aromatic rings. The lowest BCUT2D eigenvalue weighted by Crippen LogP contribution is -2.42. The van der Waals surface area contributed by atoms with E-state index in [2.05, 4.69) is 27.8 Å². The first-order chi connectivity index (χ1) is 10.8. The summed E-state index contributed by atoms with van der Waals surface area (Å²) in [5.74, 6) is 0.539. The summed E-state index contributed by atoms with van der Waals surface area (Å²) in [6.07, 6.45) is 7.71. The van der Waals surface area contributed by atoms with Gasteiger partial charge in [0.25, 0.3) is 0 Å². The van der Waals surface area contributed by atoms with Crippen molar-refractivity contribution >= 4 is 5.91 Å². The summed E-state index contributed by atoms with van der Waals surface area (Å²) in [6, 6.07) is 5.07. The van der Waals surface area contributed by atoms with Crippen LogP contribution < -0.4 is 0 Å². The average Bonchev–Trinajstić information content (AvgIpc) is 3.07. The summed E-state index contributed by atoms with van der Waals surface area (Å²) in [4.78, 5) is 20.4. The summed E-state index contributed by atoms with van der Waals surface area (Å²) in [5.41, 5.74) is 1.39. The maximum Gasteiger partial charge on any atom is 0.246 e. The number of rotatable bonds is 3. The minimum atomic E-state index is 0.159. The van der Waals surface area contributed by atoms with Gasteiger partial charge >= 0.3 is 0 Å². The van der Waals surface area contributed by atoms with E-state index in [0.717, 1.165) is 38.6 Å². The molecular formula is C17H25N3O2. The molecule has 0 N–H and O–H groups in total. The first-order valence-corrected chi connectivity index (χ1v) is 8.61. The molecule has 120 valence electrons. The van der Waals surface area contributed by atoms with Crippen LogP contribution in [0, 0.1) is 5.92 Å². The van der Waals surface area contributed by atoms with Gasteiger partial charge in [-0.1, -0.05) is 6.42 Å². The molecule has 4 rings (SSSR count). The lowest BCUT2D eigenvalue weighted by atomic mass is 9.90. The van der Waals surface area contributed by atoms with Gasteiger partial charge in [0.2, 0.25) is 5.91 Å². The van der Waals surface area contributed by atoms with Gasteiger partial charge in [-0.2, -0.15) is 0 Å². The Bertz CT molecular complexity index is 532. The Balaban J connectivity index is 1.47. The minimum absolute atomic E-state index is 0.159. The maximum absolute atomic E-state index is 12.4. The van der Waals surface area contributed by atoms with Crippen molar-refractivity contribution < 1.29 is 9.63 Å². The Morgan fingerprint density at radius 1 is 1.27 bits per heavy atom. The van der Waals surface area contributed by atoms with Gasteiger partial charge < -0.3 is 4.57 Å². The standard InChI is InChI=1S/C17H25N3O2/c21-17(20-8-3-9-22-20)10-14-11-18-7-2-6-16(18)13-19(12-14)15-4-1-5-15/h2,6-7,14-15H,1,3-5,8-13H2/t14-/m1/s1. The molecule has 0 aromatic carbocycles. The molecule has 2 fully saturated rings. The van der Waals surface area contributed by atoms with E-state index in [0.29, 0.717) is 18.9 Å². The number of nitrogens with zero attached hydrogens (tertiary/aromatic N) is 3. The van der Waals surface area contributed by atoms with E-state index in [4.69, 9.17) is 4.84 Å². The Morgan fingerprint density at radius 3 is 2.91 bits per heavy atom. The van der Waals surface area contributed by atoms with Crippen molar-refractivity contribution in [2.24, 2.45) is 5.92 Å². The highest BCUT2D eigenvalue weighted by Gasteiger charge is 2.32. The third-order valence-corrected chi connectivity index (χ3v) is 5.32. The highest BCUT2D eigenvalue weighted by molar-refractivity contribution is 5.75. The third kappa shape index (κ3) is 2.79. The maximum atomic E-state index is 12.4. The molecule has 0 bridgehead atoms. The average molecular weight is 303 g/mol. The molecule has 0 unspecified atom stereocenters. The van der Waals surface area contributed by atoms with E-state index in [-0.39, 0.29) is 5.91 Å². The molecule has 0 radical (unpaired) electrons. The summed E-state index contributed by atoms with van der Waals surface area (Å²) in [7, 11) is 0. The van der Waals surface area contributed by atoms with Gasteiger partial charge in [0.15, 0.2) is 0 Å². The fraction of sp³-hybridized carbons (Fsp3) is 0.706. The molecular weight excluding hydrogens is 278 g/mol. The summed E-state index contributed by atoms with van der Waals surface area (Å²) < 4.78 is 2.33. The van der Waals surface area contributed by atoms with Gasteiger partial charge in [0, 0.05) is 44.0 Å². The topological polar surface area (TPSA) is 37.7 Å². The quantitative estimate of drug-likeness (QED) is 0.857. The van der Waals surface area contributed by atoms with Crippen molar-refractivity contribution in [2.45, 2.75) is 51.2 Å². The fourth-order valence-electron chi connectivity index (χ4n) is 3.86. The second-order valence-electron chi connectivity index (χ2n) is 6.92. The summed E-state index contributed by atoms with van der Waals surface area (Å²) >= 11 is 0. The molecule has 5 heteroatoms. The predicted octanol–water partition coefficient (Wildman–Crippen LogP) is 2.03. The smallest absolute Gasteiger partial charge is 0.246 e. The van der Waals surface area contributed by atoms with Crippen LogP contribution in [-0.4, -0.2) is 46.2 Å². The third-order valence-electron chi connectivity index (χ3n) is 5.32. The summed E-state index contributed by atoms with van der Waals surface area (Å²) in [5, 5.41) is 1.58. The largest absolute Gasteiger partial charge is 0.350 e. The van der Waals surface area contributed by atoms with Crippen molar-refractivity contribution in [3.05, 3.63) is 24.0 Å². The van der Waals surface area contributed by atoms with Crippen LogP contribution in [-0.2, 0) is 22.7 Å². The van der Waals surface area contributed by atoms with Crippen LogP contribution >= 0.6 is 0 Å². The normalized spacial score (nSPS) is 26.5. The Hall–Kier alpha value is -1.33. The molecule has 1 aliphatic carbocycles. The molecule has 22 heavy (non-hydrogen) atoms. The van der Waals surface area contributed by atoms with Gasteiger partial charge in [-0.05, 0) is 37.3 Å². The van der Waals surface area contributed by atoms with E-state index >= 15 is 0 Å². The van der Waals surface area contributed by atoms with Crippen molar-refractivity contribution in [3.63, 3.8) is 0 Å². The molecule has 1 amide bonds. The van der Waals surface area contributed by atoms with Crippen LogP contribution in [0.15, 0.2) is 18.3 Å². The van der Waals surface area contributed by atoms with Crippen LogP contribution in [0.25, 0.3) is 0 Å². The van der Waals surface area contributed by atoms with E-state index in [9.17, 15) is 4.79 Å². The minimum Gasteiger partial charge on any atom is -0.350 e. The Morgan fingerprint density at radius 2 is 2.18 bits per heavy atom. The fourth-order valence-corrected chi connectivity index (χ4v) is 3.86. The molecule has 0 spiro atoms. The number of hydrogen-bond donors (Lipinski definition) is 0. The number of fused-ring (bicyclic) bond motifs is 1. The van der Waals surface area contributed by atoms with Gasteiger partial charge in [0.1, 0.15) is 0 Å². The highest BCUT2D eigenvalue weighted by Crippen LogP contribution is 2.30. The Kier molecular flexibility index (Phi) is 3.92. The van der Waals surface area contributed by atoms with Crippen molar-refractivity contribution in [3.8, 4) is 0 Å². The molecule has 5 nitrogen and oxygen atoms in total. The summed E-state index contributed by atoms with van der Waals surface area (Å²) in [6.45, 7) is 4.46. The van der Waals surface area contributed by atoms with Gasteiger partial charge in [-0.25, -0.2) is 5.06 Å². The molecule has 2 aliphatic heterocycles. The van der Waals surface area contributed by atoms with Crippen LogP contribution in [0.4, 0.5) is 0 Å². The van der Waals surface area contributed by atoms with Gasteiger partial charge in [0.05, 0.1) is 13.2 Å². The number of carbonyl (C=O) groups is 1. The van der Waals surface area contributed by atoms with Crippen molar-refractivity contribution in [1.82, 2.24) is 14.5 Å². The zero-order chi connectivity index (χ0) is 14.9. The van der Waals surface area contributed by atoms with E-state index in [1.165, 1.54) is 25.0 Å². The molecule has 1 aromatic heterocycles. The number of carbonyl (C=O) groups excluding carboxylic acids is 1. The van der Waals surface area contributed by atoms with Crippen LogP contribution in [0.1, 0.15) is 37.8 Å². The molecule has 1 saturated heterocycles. The molecule has 1 saturated carbocycles. The molecule has 1 atom stereocenters. The van der Waals surface area contributed by atoms with Gasteiger partial charge in [-0.15, -0.1) is 0 Å². The van der Waals surface area contributed by atoms with Crippen LogP contribution in [0.2, 0.25) is 0 Å². The van der Waals surface area contributed by atoms with E-state index < -0.39 is 0 Å². The SMILES string of the molecule is O=C(C[C@H]1CN(C2CCC2)Cc2cccn2C1)N1CCCO1. The molecule has 3 heterocycles. The van der Waals surface area contributed by atoms with Crippen molar-refractivity contribution in [1.29, 1.82) is 0 Å². The van der Waals surface area contributed by atoms with Crippen molar-refractivity contribution in [2.75, 3.05) is 19.7 Å². The first-order valence-electron chi connectivity index (χ1n) is 8.61. The Labute approximate surface area is 131 Å². The number of hydroxylamine groups is 2. The number of aromatic nitrogens is 1. The van der Waals surface area contributed by atoms with Crippen LogP contribution in [0.3, 0.4) is 0 Å². The second kappa shape index (κ2) is 6.05.